The van der Waals surface area contributed by atoms with Crippen molar-refractivity contribution < 1.29 is 9.59 Å². The lowest BCUT2D eigenvalue weighted by Crippen LogP contribution is -2.38. The van der Waals surface area contributed by atoms with E-state index in [0.717, 1.165) is 22.2 Å². The number of hydrogen-bond donors (Lipinski definition) is 0. The molecule has 3 heterocycles. The Balaban J connectivity index is 1.65. The first kappa shape index (κ1) is 11.5. The zero-order valence-corrected chi connectivity index (χ0v) is 11.9. The number of hydrogen-bond acceptors (Lipinski definition) is 3. The summed E-state index contributed by atoms with van der Waals surface area (Å²) in [5, 5.41) is 2.89. The Morgan fingerprint density at radius 2 is 2.00 bits per heavy atom. The summed E-state index contributed by atoms with van der Waals surface area (Å²) in [6, 6.07) is 7.55. The van der Waals surface area contributed by atoms with Crippen LogP contribution in [0.15, 0.2) is 41.8 Å². The van der Waals surface area contributed by atoms with Gasteiger partial charge in [-0.1, -0.05) is 30.4 Å². The van der Waals surface area contributed by atoms with Crippen molar-refractivity contribution in [3.63, 3.8) is 0 Å². The number of imide groups is 1. The molecule has 2 aliphatic heterocycles. The largest absolute Gasteiger partial charge is 0.332 e. The highest BCUT2D eigenvalue weighted by molar-refractivity contribution is 7.17. The smallest absolute Gasteiger partial charge is 0.305 e. The maximum absolute atomic E-state index is 12.8. The third kappa shape index (κ3) is 1.30. The number of fused-ring (bicyclic) bond motifs is 6. The van der Waals surface area contributed by atoms with Crippen LogP contribution in [0, 0.1) is 5.92 Å². The summed E-state index contributed by atoms with van der Waals surface area (Å²) in [6.07, 6.45) is 5.05. The first-order valence-electron chi connectivity index (χ1n) is 7.06. The van der Waals surface area contributed by atoms with Gasteiger partial charge in [-0.3, -0.25) is 4.79 Å². The fourth-order valence-corrected chi connectivity index (χ4v) is 4.75. The van der Waals surface area contributed by atoms with Gasteiger partial charge in [0.05, 0.1) is 11.7 Å². The molecule has 2 bridgehead atoms. The minimum Gasteiger partial charge on any atom is -0.305 e. The highest BCUT2D eigenvalue weighted by atomic mass is 32.1. The van der Waals surface area contributed by atoms with Gasteiger partial charge in [-0.15, -0.1) is 11.3 Å². The zero-order chi connectivity index (χ0) is 14.1. The number of amides is 3. The first-order valence-corrected chi connectivity index (χ1v) is 7.94. The predicted octanol–water partition coefficient (Wildman–Crippen LogP) is 3.00. The van der Waals surface area contributed by atoms with Crippen molar-refractivity contribution in [3.8, 4) is 0 Å². The summed E-state index contributed by atoms with van der Waals surface area (Å²) in [5.41, 5.74) is 0.736. The average Bonchev–Trinajstić information content (AvgIpc) is 3.23. The van der Waals surface area contributed by atoms with E-state index in [4.69, 9.17) is 0 Å². The van der Waals surface area contributed by atoms with Crippen molar-refractivity contribution in [2.75, 3.05) is 4.90 Å². The first-order chi connectivity index (χ1) is 10.3. The topological polar surface area (TPSA) is 40.6 Å². The summed E-state index contributed by atoms with van der Waals surface area (Å²) in [7, 11) is 0. The second-order valence-electron chi connectivity index (χ2n) is 5.78. The highest BCUT2D eigenvalue weighted by Gasteiger charge is 2.57. The Hall–Kier alpha value is -2.14. The molecule has 4 nitrogen and oxygen atoms in total. The lowest BCUT2D eigenvalue weighted by molar-refractivity contribution is -0.119. The molecule has 5 rings (SSSR count). The van der Waals surface area contributed by atoms with Gasteiger partial charge in [0.2, 0.25) is 0 Å². The number of urea groups is 1. The Morgan fingerprint density at radius 3 is 2.86 bits per heavy atom. The van der Waals surface area contributed by atoms with Crippen molar-refractivity contribution in [1.29, 1.82) is 0 Å². The third-order valence-electron chi connectivity index (χ3n) is 4.74. The molecule has 2 saturated heterocycles. The molecule has 3 aliphatic rings. The fourth-order valence-electron chi connectivity index (χ4n) is 3.82. The van der Waals surface area contributed by atoms with Gasteiger partial charge in [-0.05, 0) is 12.5 Å². The quantitative estimate of drug-likeness (QED) is 0.599. The summed E-state index contributed by atoms with van der Waals surface area (Å²) in [6.45, 7) is 0. The van der Waals surface area contributed by atoms with Crippen LogP contribution in [0.5, 0.6) is 0 Å². The van der Waals surface area contributed by atoms with Crippen LogP contribution in [0.2, 0.25) is 0 Å². The molecule has 1 unspecified atom stereocenters. The van der Waals surface area contributed by atoms with E-state index in [9.17, 15) is 9.59 Å². The van der Waals surface area contributed by atoms with Crippen LogP contribution in [-0.4, -0.2) is 28.9 Å². The zero-order valence-electron chi connectivity index (χ0n) is 11.1. The van der Waals surface area contributed by atoms with E-state index >= 15 is 0 Å². The SMILES string of the molecule is O=C1C2[C@@H]3C=C[C@@H](C3)N2C(=O)N1c1csc2ccccc12. The number of thiophene rings is 1. The lowest BCUT2D eigenvalue weighted by atomic mass is 10.0. The van der Waals surface area contributed by atoms with Gasteiger partial charge in [0.1, 0.15) is 6.04 Å². The second kappa shape index (κ2) is 3.74. The standard InChI is InChI=1S/C16H12N2O2S/c19-15-14-9-5-6-10(7-9)17(14)16(20)18(15)12-8-21-13-4-2-1-3-11(12)13/h1-6,8-10,14H,7H2/t9-,10+,14?/m1/s1. The molecule has 3 amide bonds. The van der Waals surface area contributed by atoms with Crippen molar-refractivity contribution in [1.82, 2.24) is 4.90 Å². The van der Waals surface area contributed by atoms with E-state index in [1.165, 1.54) is 4.90 Å². The lowest BCUT2D eigenvalue weighted by Gasteiger charge is -2.22. The number of carbonyl (C=O) groups excluding carboxylic acids is 2. The molecule has 3 atom stereocenters. The van der Waals surface area contributed by atoms with E-state index in [2.05, 4.69) is 12.2 Å². The molecular weight excluding hydrogens is 284 g/mol. The molecule has 0 N–H and O–H groups in total. The number of rotatable bonds is 1. The molecule has 1 aromatic carbocycles. The van der Waals surface area contributed by atoms with Gasteiger partial charge in [0.25, 0.3) is 5.91 Å². The number of anilines is 1. The summed E-state index contributed by atoms with van der Waals surface area (Å²) >= 11 is 1.57. The van der Waals surface area contributed by atoms with Crippen LogP contribution in [0.25, 0.3) is 10.1 Å². The van der Waals surface area contributed by atoms with Gasteiger partial charge in [-0.2, -0.15) is 0 Å². The summed E-state index contributed by atoms with van der Waals surface area (Å²) in [5.74, 6) is 0.127. The van der Waals surface area contributed by atoms with E-state index < -0.39 is 0 Å². The van der Waals surface area contributed by atoms with Crippen molar-refractivity contribution in [2.24, 2.45) is 5.92 Å². The number of nitrogens with zero attached hydrogens (tertiary/aromatic N) is 2. The minimum absolute atomic E-state index is 0.0691. The molecule has 0 spiro atoms. The van der Waals surface area contributed by atoms with Crippen molar-refractivity contribution >= 4 is 39.0 Å². The van der Waals surface area contributed by atoms with Crippen LogP contribution >= 0.6 is 11.3 Å². The van der Waals surface area contributed by atoms with Crippen LogP contribution in [0.4, 0.5) is 10.5 Å². The maximum atomic E-state index is 12.8. The van der Waals surface area contributed by atoms with Gasteiger partial charge in [-0.25, -0.2) is 9.69 Å². The van der Waals surface area contributed by atoms with Crippen LogP contribution < -0.4 is 4.90 Å². The molecule has 0 saturated carbocycles. The summed E-state index contributed by atoms with van der Waals surface area (Å²) in [4.78, 5) is 28.6. The van der Waals surface area contributed by atoms with Crippen LogP contribution in [0.1, 0.15) is 6.42 Å². The predicted molar refractivity (Wildman–Crippen MR) is 81.4 cm³/mol. The average molecular weight is 296 g/mol. The molecule has 5 heteroatoms. The molecular formula is C16H12N2O2S. The van der Waals surface area contributed by atoms with E-state index in [1.54, 1.807) is 16.2 Å². The van der Waals surface area contributed by atoms with Crippen LogP contribution in [0.3, 0.4) is 0 Å². The minimum atomic E-state index is -0.286. The molecule has 104 valence electrons. The molecule has 2 aromatic rings. The van der Waals surface area contributed by atoms with E-state index in [-0.39, 0.29) is 29.9 Å². The van der Waals surface area contributed by atoms with Crippen molar-refractivity contribution in [3.05, 3.63) is 41.8 Å². The van der Waals surface area contributed by atoms with Gasteiger partial charge >= 0.3 is 6.03 Å². The van der Waals surface area contributed by atoms with Gasteiger partial charge in [0.15, 0.2) is 0 Å². The van der Waals surface area contributed by atoms with Crippen molar-refractivity contribution in [2.45, 2.75) is 18.5 Å². The van der Waals surface area contributed by atoms with Gasteiger partial charge in [0, 0.05) is 21.4 Å². The van der Waals surface area contributed by atoms with E-state index in [0.29, 0.717) is 0 Å². The Morgan fingerprint density at radius 1 is 1.14 bits per heavy atom. The maximum Gasteiger partial charge on any atom is 0.332 e. The number of benzene rings is 1. The number of carbonyl (C=O) groups is 2. The summed E-state index contributed by atoms with van der Waals surface area (Å²) < 4.78 is 1.10. The molecule has 0 radical (unpaired) electrons. The fraction of sp³-hybridized carbons (Fsp3) is 0.250. The monoisotopic (exact) mass is 296 g/mol. The Kier molecular flexibility index (Phi) is 2.05. The normalized spacial score (nSPS) is 30.0. The molecule has 1 aromatic heterocycles. The van der Waals surface area contributed by atoms with Crippen LogP contribution in [-0.2, 0) is 4.79 Å². The van der Waals surface area contributed by atoms with Gasteiger partial charge < -0.3 is 4.90 Å². The molecule has 21 heavy (non-hydrogen) atoms. The van der Waals surface area contributed by atoms with E-state index in [1.807, 2.05) is 29.6 Å². The second-order valence-corrected chi connectivity index (χ2v) is 6.69. The highest BCUT2D eigenvalue weighted by Crippen LogP contribution is 2.45. The Labute approximate surface area is 125 Å². The Bertz CT molecular complexity index is 795. The molecule has 1 aliphatic carbocycles. The molecule has 2 fully saturated rings. The third-order valence-corrected chi connectivity index (χ3v) is 5.69.